The van der Waals surface area contributed by atoms with Gasteiger partial charge in [0.15, 0.2) is 0 Å². The van der Waals surface area contributed by atoms with E-state index in [9.17, 15) is 14.4 Å². The first kappa shape index (κ1) is 19.2. The third kappa shape index (κ3) is 3.76. The molecule has 5 nitrogen and oxygen atoms in total. The van der Waals surface area contributed by atoms with Crippen molar-refractivity contribution in [2.75, 3.05) is 17.3 Å². The molecular weight excluding hydrogens is 372 g/mol. The summed E-state index contributed by atoms with van der Waals surface area (Å²) < 4.78 is 0. The van der Waals surface area contributed by atoms with Gasteiger partial charge in [0.25, 0.3) is 0 Å². The Hall–Kier alpha value is -1.53. The van der Waals surface area contributed by atoms with E-state index in [1.165, 1.54) is 4.90 Å². The Labute approximate surface area is 162 Å². The van der Waals surface area contributed by atoms with Gasteiger partial charge in [0.1, 0.15) is 6.04 Å². The number of hydrogen-bond acceptors (Lipinski definition) is 4. The summed E-state index contributed by atoms with van der Waals surface area (Å²) in [7, 11) is 0. The van der Waals surface area contributed by atoms with Gasteiger partial charge >= 0.3 is 0 Å². The second kappa shape index (κ2) is 8.44. The van der Waals surface area contributed by atoms with E-state index >= 15 is 0 Å². The maximum Gasteiger partial charge on any atom is 0.247 e. The second-order valence-electron chi connectivity index (χ2n) is 6.81. The first-order valence-corrected chi connectivity index (χ1v) is 10.7. The van der Waals surface area contributed by atoms with Gasteiger partial charge in [-0.05, 0) is 43.4 Å². The van der Waals surface area contributed by atoms with Crippen molar-refractivity contribution in [1.29, 1.82) is 0 Å². The highest BCUT2D eigenvalue weighted by molar-refractivity contribution is 7.98. The lowest BCUT2D eigenvalue weighted by Gasteiger charge is -2.26. The van der Waals surface area contributed by atoms with Crippen LogP contribution < -0.4 is 5.32 Å². The largest absolute Gasteiger partial charge is 0.323 e. The van der Waals surface area contributed by atoms with Gasteiger partial charge in [0.2, 0.25) is 17.7 Å². The van der Waals surface area contributed by atoms with E-state index in [1.807, 2.05) is 6.26 Å². The Morgan fingerprint density at radius 1 is 1.23 bits per heavy atom. The molecule has 1 aliphatic heterocycles. The fourth-order valence-corrected chi connectivity index (χ4v) is 4.52. The zero-order valence-electron chi connectivity index (χ0n) is 14.7. The Morgan fingerprint density at radius 2 is 1.85 bits per heavy atom. The molecule has 1 N–H and O–H groups in total. The molecule has 1 saturated heterocycles. The van der Waals surface area contributed by atoms with E-state index in [0.29, 0.717) is 22.9 Å². The predicted octanol–water partition coefficient (Wildman–Crippen LogP) is 3.58. The number of anilines is 1. The molecule has 0 spiro atoms. The van der Waals surface area contributed by atoms with Gasteiger partial charge < -0.3 is 5.32 Å². The van der Waals surface area contributed by atoms with Crippen molar-refractivity contribution in [3.8, 4) is 0 Å². The highest BCUT2D eigenvalue weighted by atomic mass is 35.5. The molecule has 0 aromatic heterocycles. The van der Waals surface area contributed by atoms with Gasteiger partial charge in [-0.1, -0.05) is 36.6 Å². The predicted molar refractivity (Wildman–Crippen MR) is 104 cm³/mol. The second-order valence-corrected chi connectivity index (χ2v) is 8.20. The number of fused-ring (bicyclic) bond motifs is 1. The molecule has 1 aliphatic carbocycles. The van der Waals surface area contributed by atoms with Crippen molar-refractivity contribution in [3.63, 3.8) is 0 Å². The fraction of sp³-hybridized carbons (Fsp3) is 0.526. The number of carbonyl (C=O) groups is 3. The molecule has 0 bridgehead atoms. The molecule has 1 aromatic rings. The maximum absolute atomic E-state index is 12.9. The fourth-order valence-electron chi connectivity index (χ4n) is 3.88. The molecule has 3 atom stereocenters. The third-order valence-corrected chi connectivity index (χ3v) is 6.19. The number of halogens is 1. The molecule has 3 unspecified atom stereocenters. The van der Waals surface area contributed by atoms with Crippen LogP contribution >= 0.6 is 23.4 Å². The number of para-hydroxylation sites is 1. The molecule has 1 saturated carbocycles. The number of hydrogen-bond donors (Lipinski definition) is 1. The quantitative estimate of drug-likeness (QED) is 0.749. The van der Waals surface area contributed by atoms with E-state index in [0.717, 1.165) is 25.7 Å². The Morgan fingerprint density at radius 3 is 2.42 bits per heavy atom. The Kier molecular flexibility index (Phi) is 6.24. The minimum atomic E-state index is -0.788. The summed E-state index contributed by atoms with van der Waals surface area (Å²) in [6.45, 7) is 0. The average molecular weight is 395 g/mol. The van der Waals surface area contributed by atoms with Gasteiger partial charge in [-0.2, -0.15) is 11.8 Å². The van der Waals surface area contributed by atoms with Crippen LogP contribution in [0.15, 0.2) is 24.3 Å². The SMILES string of the molecule is CSCCC(C(=O)Nc1ccccc1Cl)N1C(=O)C2CCCCC2C1=O. The summed E-state index contributed by atoms with van der Waals surface area (Å²) in [6, 6.07) is 6.17. The summed E-state index contributed by atoms with van der Waals surface area (Å²) in [5, 5.41) is 3.22. The summed E-state index contributed by atoms with van der Waals surface area (Å²) in [6.07, 6.45) is 5.80. The van der Waals surface area contributed by atoms with Crippen LogP contribution in [0.4, 0.5) is 5.69 Å². The van der Waals surface area contributed by atoms with Gasteiger partial charge in [0, 0.05) is 0 Å². The zero-order chi connectivity index (χ0) is 18.7. The number of benzene rings is 1. The van der Waals surface area contributed by atoms with E-state index in [2.05, 4.69) is 5.32 Å². The minimum absolute atomic E-state index is 0.180. The highest BCUT2D eigenvalue weighted by Gasteiger charge is 2.51. The average Bonchev–Trinajstić information content (AvgIpc) is 2.89. The van der Waals surface area contributed by atoms with Crippen molar-refractivity contribution in [2.45, 2.75) is 38.1 Å². The van der Waals surface area contributed by atoms with Crippen molar-refractivity contribution < 1.29 is 14.4 Å². The molecular formula is C19H23ClN2O3S. The van der Waals surface area contributed by atoms with Gasteiger partial charge in [-0.3, -0.25) is 19.3 Å². The molecule has 2 aliphatic rings. The number of likely N-dealkylation sites (tertiary alicyclic amines) is 1. The van der Waals surface area contributed by atoms with E-state index in [1.54, 1.807) is 36.0 Å². The summed E-state index contributed by atoms with van der Waals surface area (Å²) in [4.78, 5) is 39.9. The maximum atomic E-state index is 12.9. The van der Waals surface area contributed by atoms with E-state index in [-0.39, 0.29) is 29.6 Å². The molecule has 1 heterocycles. The van der Waals surface area contributed by atoms with Crippen LogP contribution in [0.1, 0.15) is 32.1 Å². The van der Waals surface area contributed by atoms with Crippen LogP contribution in [-0.2, 0) is 14.4 Å². The molecule has 0 radical (unpaired) electrons. The van der Waals surface area contributed by atoms with Crippen molar-refractivity contribution in [3.05, 3.63) is 29.3 Å². The summed E-state index contributed by atoms with van der Waals surface area (Å²) in [5.74, 6) is -0.525. The zero-order valence-corrected chi connectivity index (χ0v) is 16.3. The molecule has 3 amide bonds. The van der Waals surface area contributed by atoms with Crippen LogP contribution in [0.2, 0.25) is 5.02 Å². The van der Waals surface area contributed by atoms with Crippen molar-refractivity contribution in [2.24, 2.45) is 11.8 Å². The van der Waals surface area contributed by atoms with Crippen molar-refractivity contribution >= 4 is 46.8 Å². The van der Waals surface area contributed by atoms with Crippen LogP contribution in [-0.4, -0.2) is 40.7 Å². The number of nitrogens with one attached hydrogen (secondary N) is 1. The summed E-state index contributed by atoms with van der Waals surface area (Å²) >= 11 is 7.72. The monoisotopic (exact) mass is 394 g/mol. The smallest absolute Gasteiger partial charge is 0.247 e. The molecule has 26 heavy (non-hydrogen) atoms. The Balaban J connectivity index is 1.83. The summed E-state index contributed by atoms with van der Waals surface area (Å²) in [5.41, 5.74) is 0.491. The van der Waals surface area contributed by atoms with Crippen LogP contribution in [0.25, 0.3) is 0 Å². The lowest BCUT2D eigenvalue weighted by Crippen LogP contribution is -2.48. The topological polar surface area (TPSA) is 66.5 Å². The lowest BCUT2D eigenvalue weighted by molar-refractivity contribution is -0.146. The number of imide groups is 1. The first-order valence-electron chi connectivity index (χ1n) is 8.96. The Bertz CT molecular complexity index is 688. The molecule has 140 valence electrons. The minimum Gasteiger partial charge on any atom is -0.323 e. The molecule has 7 heteroatoms. The number of thioether (sulfide) groups is 1. The van der Waals surface area contributed by atoms with Crippen LogP contribution in [0, 0.1) is 11.8 Å². The number of rotatable bonds is 6. The number of carbonyl (C=O) groups excluding carboxylic acids is 3. The van der Waals surface area contributed by atoms with Gasteiger partial charge in [-0.25, -0.2) is 0 Å². The lowest BCUT2D eigenvalue weighted by atomic mass is 9.81. The normalized spacial score (nSPS) is 23.7. The van der Waals surface area contributed by atoms with Gasteiger partial charge in [-0.15, -0.1) is 0 Å². The van der Waals surface area contributed by atoms with E-state index < -0.39 is 6.04 Å². The van der Waals surface area contributed by atoms with Crippen LogP contribution in [0.3, 0.4) is 0 Å². The molecule has 2 fully saturated rings. The van der Waals surface area contributed by atoms with Crippen LogP contribution in [0.5, 0.6) is 0 Å². The number of nitrogens with zero attached hydrogens (tertiary/aromatic N) is 1. The standard InChI is InChI=1S/C19H23ClN2O3S/c1-26-11-10-16(17(23)21-15-9-5-4-8-14(15)20)22-18(24)12-6-2-3-7-13(12)19(22)25/h4-5,8-9,12-13,16H,2-3,6-7,10-11H2,1H3,(H,21,23). The number of amides is 3. The molecule has 1 aromatic carbocycles. The van der Waals surface area contributed by atoms with Gasteiger partial charge in [0.05, 0.1) is 22.5 Å². The van der Waals surface area contributed by atoms with E-state index in [4.69, 9.17) is 11.6 Å². The van der Waals surface area contributed by atoms with Crippen molar-refractivity contribution in [1.82, 2.24) is 4.90 Å². The first-order chi connectivity index (χ1) is 12.5. The highest BCUT2D eigenvalue weighted by Crippen LogP contribution is 2.39. The third-order valence-electron chi connectivity index (χ3n) is 5.22. The molecule has 3 rings (SSSR count).